The lowest BCUT2D eigenvalue weighted by atomic mass is 9.99. The molecule has 142 valence electrons. The largest absolute Gasteiger partial charge is 0.497 e. The Kier molecular flexibility index (Phi) is 5.69. The van der Waals surface area contributed by atoms with Crippen molar-refractivity contribution in [2.75, 3.05) is 12.0 Å². The van der Waals surface area contributed by atoms with Gasteiger partial charge in [-0.05, 0) is 42.8 Å². The fraction of sp³-hybridized carbons (Fsp3) is 0.136. The summed E-state index contributed by atoms with van der Waals surface area (Å²) >= 11 is 0. The summed E-state index contributed by atoms with van der Waals surface area (Å²) in [5, 5.41) is 11.2. The van der Waals surface area contributed by atoms with E-state index in [9.17, 15) is 14.9 Å². The first kappa shape index (κ1) is 19.1. The van der Waals surface area contributed by atoms with Crippen LogP contribution in [0.4, 0.5) is 17.1 Å². The SMILES string of the molecule is COc1ccc(N(C(=O)C(C)c2ccccc2)c2cccc([N+](=O)[O-])c2)cc1. The van der Waals surface area contributed by atoms with E-state index < -0.39 is 10.8 Å². The van der Waals surface area contributed by atoms with Gasteiger partial charge in [0.15, 0.2) is 0 Å². The number of anilines is 2. The minimum Gasteiger partial charge on any atom is -0.497 e. The van der Waals surface area contributed by atoms with Gasteiger partial charge in [-0.15, -0.1) is 0 Å². The second kappa shape index (κ2) is 8.35. The molecule has 0 aliphatic heterocycles. The third-order valence-electron chi connectivity index (χ3n) is 4.52. The molecule has 0 fully saturated rings. The number of hydrogen-bond acceptors (Lipinski definition) is 4. The third-order valence-corrected chi connectivity index (χ3v) is 4.52. The van der Waals surface area contributed by atoms with Crippen LogP contribution in [0, 0.1) is 10.1 Å². The zero-order valence-electron chi connectivity index (χ0n) is 15.6. The van der Waals surface area contributed by atoms with E-state index >= 15 is 0 Å². The number of nitro benzene ring substituents is 1. The molecule has 0 saturated heterocycles. The summed E-state index contributed by atoms with van der Waals surface area (Å²) in [7, 11) is 1.57. The highest BCUT2D eigenvalue weighted by Gasteiger charge is 2.26. The molecule has 1 unspecified atom stereocenters. The van der Waals surface area contributed by atoms with E-state index in [1.54, 1.807) is 43.5 Å². The van der Waals surface area contributed by atoms with E-state index in [1.165, 1.54) is 17.0 Å². The van der Waals surface area contributed by atoms with Gasteiger partial charge in [-0.25, -0.2) is 0 Å². The molecule has 3 rings (SSSR count). The first-order valence-corrected chi connectivity index (χ1v) is 8.78. The molecule has 3 aromatic rings. The van der Waals surface area contributed by atoms with E-state index in [0.717, 1.165) is 5.56 Å². The lowest BCUT2D eigenvalue weighted by molar-refractivity contribution is -0.384. The Balaban J connectivity index is 2.07. The number of ether oxygens (including phenoxy) is 1. The fourth-order valence-electron chi connectivity index (χ4n) is 2.96. The van der Waals surface area contributed by atoms with Crippen molar-refractivity contribution < 1.29 is 14.5 Å². The average molecular weight is 376 g/mol. The first-order chi connectivity index (χ1) is 13.5. The molecule has 0 aliphatic rings. The molecule has 0 bridgehead atoms. The molecular weight excluding hydrogens is 356 g/mol. The molecule has 6 heteroatoms. The Hall–Kier alpha value is -3.67. The molecular formula is C22H20N2O4. The molecule has 0 heterocycles. The Morgan fingerprint density at radius 2 is 1.64 bits per heavy atom. The lowest BCUT2D eigenvalue weighted by Gasteiger charge is -2.26. The van der Waals surface area contributed by atoms with E-state index in [2.05, 4.69) is 0 Å². The van der Waals surface area contributed by atoms with E-state index in [0.29, 0.717) is 17.1 Å². The van der Waals surface area contributed by atoms with Gasteiger partial charge < -0.3 is 4.74 Å². The summed E-state index contributed by atoms with van der Waals surface area (Å²) in [6.07, 6.45) is 0. The molecule has 28 heavy (non-hydrogen) atoms. The van der Waals surface area contributed by atoms with Crippen molar-refractivity contribution in [1.29, 1.82) is 0 Å². The summed E-state index contributed by atoms with van der Waals surface area (Å²) in [5.74, 6) is 0.0470. The van der Waals surface area contributed by atoms with E-state index in [1.807, 2.05) is 37.3 Å². The monoisotopic (exact) mass is 376 g/mol. The van der Waals surface area contributed by atoms with Crippen molar-refractivity contribution in [2.45, 2.75) is 12.8 Å². The van der Waals surface area contributed by atoms with Gasteiger partial charge in [-0.2, -0.15) is 0 Å². The summed E-state index contributed by atoms with van der Waals surface area (Å²) in [4.78, 5) is 25.6. The molecule has 3 aromatic carbocycles. The fourth-order valence-corrected chi connectivity index (χ4v) is 2.96. The molecule has 0 aliphatic carbocycles. The van der Waals surface area contributed by atoms with Crippen LogP contribution in [0.5, 0.6) is 5.75 Å². The number of rotatable bonds is 6. The number of benzene rings is 3. The number of carbonyl (C=O) groups is 1. The number of non-ortho nitro benzene ring substituents is 1. The molecule has 0 radical (unpaired) electrons. The summed E-state index contributed by atoms with van der Waals surface area (Å²) in [6.45, 7) is 1.82. The molecule has 0 N–H and O–H groups in total. The Morgan fingerprint density at radius 3 is 2.25 bits per heavy atom. The number of carbonyl (C=O) groups excluding carboxylic acids is 1. The van der Waals surface area contributed by atoms with Crippen LogP contribution in [0.15, 0.2) is 78.9 Å². The van der Waals surface area contributed by atoms with Gasteiger partial charge in [0.1, 0.15) is 5.75 Å². The normalized spacial score (nSPS) is 11.5. The minimum atomic E-state index is -0.471. The lowest BCUT2D eigenvalue weighted by Crippen LogP contribution is -2.30. The highest BCUT2D eigenvalue weighted by Crippen LogP contribution is 2.33. The number of nitrogens with zero attached hydrogens (tertiary/aromatic N) is 2. The highest BCUT2D eigenvalue weighted by atomic mass is 16.6. The van der Waals surface area contributed by atoms with Crippen molar-refractivity contribution in [3.8, 4) is 5.75 Å². The maximum absolute atomic E-state index is 13.4. The van der Waals surface area contributed by atoms with Crippen LogP contribution in [-0.2, 0) is 4.79 Å². The van der Waals surface area contributed by atoms with Crippen LogP contribution in [0.3, 0.4) is 0 Å². The van der Waals surface area contributed by atoms with Crippen molar-refractivity contribution in [1.82, 2.24) is 0 Å². The molecule has 1 atom stereocenters. The highest BCUT2D eigenvalue weighted by molar-refractivity contribution is 6.04. The number of methoxy groups -OCH3 is 1. The smallest absolute Gasteiger partial charge is 0.271 e. The molecule has 0 spiro atoms. The van der Waals surface area contributed by atoms with E-state index in [-0.39, 0.29) is 11.6 Å². The van der Waals surface area contributed by atoms with Crippen LogP contribution in [0.2, 0.25) is 0 Å². The number of hydrogen-bond donors (Lipinski definition) is 0. The second-order valence-electron chi connectivity index (χ2n) is 6.28. The standard InChI is InChI=1S/C22H20N2O4/c1-16(17-7-4-3-5-8-17)22(25)23(18-11-13-21(28-2)14-12-18)19-9-6-10-20(15-19)24(26)27/h3-16H,1-2H3. The van der Waals surface area contributed by atoms with E-state index in [4.69, 9.17) is 4.74 Å². The second-order valence-corrected chi connectivity index (χ2v) is 6.28. The minimum absolute atomic E-state index is 0.0730. The van der Waals surface area contributed by atoms with Gasteiger partial charge in [-0.3, -0.25) is 19.8 Å². The van der Waals surface area contributed by atoms with Crippen LogP contribution in [0.1, 0.15) is 18.4 Å². The van der Waals surface area contributed by atoms with Crippen molar-refractivity contribution >= 4 is 23.0 Å². The van der Waals surface area contributed by atoms with Crippen LogP contribution in [-0.4, -0.2) is 17.9 Å². The topological polar surface area (TPSA) is 72.7 Å². The predicted molar refractivity (Wildman–Crippen MR) is 108 cm³/mol. The predicted octanol–water partition coefficient (Wildman–Crippen LogP) is 5.07. The molecule has 1 amide bonds. The molecule has 6 nitrogen and oxygen atoms in total. The van der Waals surface area contributed by atoms with Gasteiger partial charge in [0, 0.05) is 17.8 Å². The van der Waals surface area contributed by atoms with Crippen molar-refractivity contribution in [2.24, 2.45) is 0 Å². The maximum atomic E-state index is 13.4. The van der Waals surface area contributed by atoms with Crippen LogP contribution < -0.4 is 9.64 Å². The summed E-state index contributed by atoms with van der Waals surface area (Å²) in [6, 6.07) is 22.5. The van der Waals surface area contributed by atoms with Gasteiger partial charge in [0.2, 0.25) is 5.91 Å². The van der Waals surface area contributed by atoms with Crippen molar-refractivity contribution in [3.63, 3.8) is 0 Å². The zero-order valence-corrected chi connectivity index (χ0v) is 15.6. The van der Waals surface area contributed by atoms with Crippen LogP contribution >= 0.6 is 0 Å². The quantitative estimate of drug-likeness (QED) is 0.445. The molecule has 0 saturated carbocycles. The van der Waals surface area contributed by atoms with Crippen LogP contribution in [0.25, 0.3) is 0 Å². The number of amides is 1. The Bertz CT molecular complexity index is 971. The zero-order chi connectivity index (χ0) is 20.1. The first-order valence-electron chi connectivity index (χ1n) is 8.78. The third kappa shape index (κ3) is 4.01. The van der Waals surface area contributed by atoms with Crippen molar-refractivity contribution in [3.05, 3.63) is 94.5 Å². The Labute approximate surface area is 163 Å². The number of nitro groups is 1. The maximum Gasteiger partial charge on any atom is 0.271 e. The van der Waals surface area contributed by atoms with Gasteiger partial charge in [-0.1, -0.05) is 36.4 Å². The van der Waals surface area contributed by atoms with Gasteiger partial charge in [0.05, 0.1) is 23.6 Å². The summed E-state index contributed by atoms with van der Waals surface area (Å²) in [5.41, 5.74) is 1.84. The average Bonchev–Trinajstić information content (AvgIpc) is 2.74. The molecule has 0 aromatic heterocycles. The Morgan fingerprint density at radius 1 is 0.964 bits per heavy atom. The summed E-state index contributed by atoms with van der Waals surface area (Å²) < 4.78 is 5.19. The van der Waals surface area contributed by atoms with Gasteiger partial charge in [0.25, 0.3) is 5.69 Å². The van der Waals surface area contributed by atoms with Gasteiger partial charge >= 0.3 is 0 Å².